The summed E-state index contributed by atoms with van der Waals surface area (Å²) < 4.78 is 5.51. The molecule has 1 heterocycles. The van der Waals surface area contributed by atoms with Crippen molar-refractivity contribution in [2.75, 3.05) is 19.8 Å². The van der Waals surface area contributed by atoms with Gasteiger partial charge in [0, 0.05) is 24.2 Å². The Labute approximate surface area is 118 Å². The zero-order valence-corrected chi connectivity index (χ0v) is 11.6. The van der Waals surface area contributed by atoms with E-state index in [-0.39, 0.29) is 18.8 Å². The summed E-state index contributed by atoms with van der Waals surface area (Å²) in [6, 6.07) is 7.70. The second-order valence-corrected chi connectivity index (χ2v) is 5.24. The first-order valence-corrected chi connectivity index (χ1v) is 6.67. The monoisotopic (exact) mass is 280 g/mol. The van der Waals surface area contributed by atoms with Crippen LogP contribution in [0.1, 0.15) is 18.1 Å². The van der Waals surface area contributed by atoms with Crippen molar-refractivity contribution >= 4 is 11.6 Å². The van der Waals surface area contributed by atoms with Gasteiger partial charge in [0.2, 0.25) is 0 Å². The van der Waals surface area contributed by atoms with Crippen molar-refractivity contribution in [1.82, 2.24) is 4.90 Å². The quantitative estimate of drug-likeness (QED) is 0.917. The zero-order chi connectivity index (χ0) is 13.8. The lowest BCUT2D eigenvalue weighted by atomic mass is 10.1. The van der Waals surface area contributed by atoms with E-state index in [0.29, 0.717) is 30.3 Å². The van der Waals surface area contributed by atoms with E-state index in [1.54, 1.807) is 12.1 Å². The largest absolute Gasteiger partial charge is 0.394 e. The van der Waals surface area contributed by atoms with E-state index in [1.165, 1.54) is 0 Å². The first-order valence-electron chi connectivity index (χ1n) is 6.29. The molecule has 0 bridgehead atoms. The maximum atomic E-state index is 9.17. The third-order valence-electron chi connectivity index (χ3n) is 3.39. The van der Waals surface area contributed by atoms with Gasteiger partial charge in [-0.3, -0.25) is 4.90 Å². The van der Waals surface area contributed by atoms with Crippen LogP contribution in [-0.2, 0) is 11.3 Å². The first kappa shape index (κ1) is 14.3. The summed E-state index contributed by atoms with van der Waals surface area (Å²) in [6.45, 7) is 4.12. The summed E-state index contributed by atoms with van der Waals surface area (Å²) in [4.78, 5) is 2.23. The third-order valence-corrected chi connectivity index (χ3v) is 3.75. The minimum atomic E-state index is -0.131. The standard InChI is InChI=1S/C14H17ClN2O2/c1-10-9-19-13(8-18)7-17(10)6-12-3-2-11(5-16)4-14(12)15/h2-4,10,13,18H,6-9H2,1H3. The molecule has 0 aliphatic carbocycles. The van der Waals surface area contributed by atoms with Crippen LogP contribution in [0.3, 0.4) is 0 Å². The van der Waals surface area contributed by atoms with Gasteiger partial charge in [-0.15, -0.1) is 0 Å². The number of halogens is 1. The van der Waals surface area contributed by atoms with E-state index in [2.05, 4.69) is 17.9 Å². The fraction of sp³-hybridized carbons (Fsp3) is 0.500. The summed E-state index contributed by atoms with van der Waals surface area (Å²) in [5.41, 5.74) is 1.56. The highest BCUT2D eigenvalue weighted by Crippen LogP contribution is 2.22. The van der Waals surface area contributed by atoms with Crippen molar-refractivity contribution in [1.29, 1.82) is 5.26 Å². The van der Waals surface area contributed by atoms with Crippen LogP contribution in [0.2, 0.25) is 5.02 Å². The second kappa shape index (κ2) is 6.36. The van der Waals surface area contributed by atoms with Gasteiger partial charge in [0.25, 0.3) is 0 Å². The average molecular weight is 281 g/mol. The van der Waals surface area contributed by atoms with E-state index in [0.717, 1.165) is 5.56 Å². The molecule has 2 unspecified atom stereocenters. The highest BCUT2D eigenvalue weighted by Gasteiger charge is 2.25. The number of aliphatic hydroxyl groups excluding tert-OH is 1. The van der Waals surface area contributed by atoms with Gasteiger partial charge in [-0.05, 0) is 24.6 Å². The van der Waals surface area contributed by atoms with Crippen molar-refractivity contribution in [2.24, 2.45) is 0 Å². The number of aliphatic hydroxyl groups is 1. The Morgan fingerprint density at radius 1 is 1.58 bits per heavy atom. The van der Waals surface area contributed by atoms with Crippen LogP contribution in [0.15, 0.2) is 18.2 Å². The van der Waals surface area contributed by atoms with Gasteiger partial charge in [0.1, 0.15) is 0 Å². The predicted octanol–water partition coefficient (Wildman–Crippen LogP) is 1.79. The molecule has 5 heteroatoms. The predicted molar refractivity (Wildman–Crippen MR) is 72.9 cm³/mol. The molecule has 1 fully saturated rings. The molecule has 1 aliphatic rings. The maximum absolute atomic E-state index is 9.17. The molecule has 2 rings (SSSR count). The molecule has 0 aromatic heterocycles. The second-order valence-electron chi connectivity index (χ2n) is 4.83. The molecule has 102 valence electrons. The number of benzene rings is 1. The van der Waals surface area contributed by atoms with Crippen molar-refractivity contribution in [3.05, 3.63) is 34.3 Å². The lowest BCUT2D eigenvalue weighted by Gasteiger charge is -2.37. The van der Waals surface area contributed by atoms with Crippen LogP contribution in [-0.4, -0.2) is 41.9 Å². The van der Waals surface area contributed by atoms with E-state index in [1.807, 2.05) is 6.07 Å². The van der Waals surface area contributed by atoms with Crippen LogP contribution in [0.5, 0.6) is 0 Å². The van der Waals surface area contributed by atoms with Crippen LogP contribution < -0.4 is 0 Å². The van der Waals surface area contributed by atoms with Gasteiger partial charge < -0.3 is 9.84 Å². The van der Waals surface area contributed by atoms with Gasteiger partial charge in [-0.1, -0.05) is 17.7 Å². The molecular formula is C14H17ClN2O2. The molecule has 0 spiro atoms. The van der Waals surface area contributed by atoms with Crippen LogP contribution in [0.25, 0.3) is 0 Å². The number of nitrogens with zero attached hydrogens (tertiary/aromatic N) is 2. The lowest BCUT2D eigenvalue weighted by Crippen LogP contribution is -2.48. The zero-order valence-electron chi connectivity index (χ0n) is 10.8. The van der Waals surface area contributed by atoms with E-state index >= 15 is 0 Å². The number of ether oxygens (including phenoxy) is 1. The van der Waals surface area contributed by atoms with E-state index in [4.69, 9.17) is 21.6 Å². The smallest absolute Gasteiger partial charge is 0.0992 e. The Bertz CT molecular complexity index is 487. The summed E-state index contributed by atoms with van der Waals surface area (Å²) >= 11 is 6.19. The van der Waals surface area contributed by atoms with Gasteiger partial charge in [0.15, 0.2) is 0 Å². The SMILES string of the molecule is CC1COC(CO)CN1Cc1ccc(C#N)cc1Cl. The molecule has 2 atom stereocenters. The fourth-order valence-electron chi connectivity index (χ4n) is 2.17. The fourth-order valence-corrected chi connectivity index (χ4v) is 2.41. The van der Waals surface area contributed by atoms with Crippen molar-refractivity contribution in [3.63, 3.8) is 0 Å². The molecule has 4 nitrogen and oxygen atoms in total. The highest BCUT2D eigenvalue weighted by atomic mass is 35.5. The number of hydrogen-bond acceptors (Lipinski definition) is 4. The normalized spacial score (nSPS) is 24.1. The van der Waals surface area contributed by atoms with Crippen LogP contribution in [0, 0.1) is 11.3 Å². The van der Waals surface area contributed by atoms with Crippen molar-refractivity contribution in [2.45, 2.75) is 25.6 Å². The topological polar surface area (TPSA) is 56.5 Å². The average Bonchev–Trinajstić information content (AvgIpc) is 2.43. The molecule has 1 aromatic carbocycles. The molecular weight excluding hydrogens is 264 g/mol. The minimum absolute atomic E-state index is 0.0321. The Balaban J connectivity index is 2.09. The number of hydrogen-bond donors (Lipinski definition) is 1. The van der Waals surface area contributed by atoms with Crippen LogP contribution in [0.4, 0.5) is 0 Å². The van der Waals surface area contributed by atoms with E-state index in [9.17, 15) is 5.11 Å². The number of morpholine rings is 1. The molecule has 1 N–H and O–H groups in total. The van der Waals surface area contributed by atoms with Gasteiger partial charge in [0.05, 0.1) is 31.0 Å². The molecule has 0 saturated carbocycles. The van der Waals surface area contributed by atoms with Gasteiger partial charge in [-0.25, -0.2) is 0 Å². The third kappa shape index (κ3) is 3.46. The molecule has 0 amide bonds. The Kier molecular flexibility index (Phi) is 4.78. The number of nitriles is 1. The van der Waals surface area contributed by atoms with Gasteiger partial charge in [-0.2, -0.15) is 5.26 Å². The summed E-state index contributed by atoms with van der Waals surface area (Å²) in [5, 5.41) is 18.6. The van der Waals surface area contributed by atoms with Gasteiger partial charge >= 0.3 is 0 Å². The maximum Gasteiger partial charge on any atom is 0.0992 e. The summed E-state index contributed by atoms with van der Waals surface area (Å²) in [6.07, 6.45) is -0.131. The first-order chi connectivity index (χ1) is 9.13. The Morgan fingerprint density at radius 2 is 2.37 bits per heavy atom. The Hall–Kier alpha value is -1.12. The number of rotatable bonds is 3. The molecule has 0 radical (unpaired) electrons. The minimum Gasteiger partial charge on any atom is -0.394 e. The molecule has 1 saturated heterocycles. The van der Waals surface area contributed by atoms with E-state index < -0.39 is 0 Å². The highest BCUT2D eigenvalue weighted by molar-refractivity contribution is 6.31. The summed E-state index contributed by atoms with van der Waals surface area (Å²) in [5.74, 6) is 0. The molecule has 1 aliphatic heterocycles. The van der Waals surface area contributed by atoms with Crippen molar-refractivity contribution < 1.29 is 9.84 Å². The molecule has 1 aromatic rings. The Morgan fingerprint density at radius 3 is 3.00 bits per heavy atom. The molecule has 19 heavy (non-hydrogen) atoms. The summed E-state index contributed by atoms with van der Waals surface area (Å²) in [7, 11) is 0. The van der Waals surface area contributed by atoms with Crippen molar-refractivity contribution in [3.8, 4) is 6.07 Å². The lowest BCUT2D eigenvalue weighted by molar-refractivity contribution is -0.0805. The van der Waals surface area contributed by atoms with Crippen LogP contribution >= 0.6 is 11.6 Å².